The number of hydrogen-bond donors (Lipinski definition) is 0. The molecule has 0 unspecified atom stereocenters. The van der Waals surface area contributed by atoms with Crippen LogP contribution >= 0.6 is 11.8 Å². The van der Waals surface area contributed by atoms with Gasteiger partial charge in [0.2, 0.25) is 11.8 Å². The van der Waals surface area contributed by atoms with Gasteiger partial charge in [0.25, 0.3) is 0 Å². The van der Waals surface area contributed by atoms with Crippen LogP contribution in [-0.2, 0) is 13.1 Å². The molecule has 2 aromatic heterocycles. The average molecular weight is 572 g/mol. The summed E-state index contributed by atoms with van der Waals surface area (Å²) in [5, 5.41) is 9.55. The number of nitriles is 1. The summed E-state index contributed by atoms with van der Waals surface area (Å²) in [6, 6.07) is 11.4. The molecule has 0 atom stereocenters. The molecule has 0 bridgehead atoms. The minimum atomic E-state index is 0.387. The van der Waals surface area contributed by atoms with Gasteiger partial charge in [-0.05, 0) is 55.7 Å². The number of anilines is 2. The number of aromatic nitrogens is 3. The number of hydrogen-bond acceptors (Lipinski definition) is 9. The first-order valence-electron chi connectivity index (χ1n) is 14.0. The molecular weight excluding hydrogens is 534 g/mol. The first-order chi connectivity index (χ1) is 20.1. The third kappa shape index (κ3) is 8.25. The minimum Gasteiger partial charge on any atom is -0.489 e. The monoisotopic (exact) mass is 571 g/mol. The standard InChI is InChI=1S/C31H37N7O2S/c1-5-37(20-23-8-6-7-9-23)29-10-11-30(39-3)36-28(29)22-38(21-25-14-24(17-32)15-26(16-25)33-2)31-34-18-27(19-35-31)40-12-13-41-4/h10-11,14-16,18-19,23H,5-9,12-13,20-22H2,1,3-4H3. The fourth-order valence-electron chi connectivity index (χ4n) is 5.18. The van der Waals surface area contributed by atoms with Gasteiger partial charge in [0, 0.05) is 37.0 Å². The average Bonchev–Trinajstić information content (AvgIpc) is 3.53. The van der Waals surface area contributed by atoms with Crippen molar-refractivity contribution in [3.63, 3.8) is 0 Å². The van der Waals surface area contributed by atoms with E-state index in [1.54, 1.807) is 49.5 Å². The predicted molar refractivity (Wildman–Crippen MR) is 164 cm³/mol. The van der Waals surface area contributed by atoms with Gasteiger partial charge in [-0.25, -0.2) is 19.8 Å². The molecule has 0 radical (unpaired) electrons. The van der Waals surface area contributed by atoms with Crippen molar-refractivity contribution in [2.45, 2.75) is 45.7 Å². The van der Waals surface area contributed by atoms with Crippen LogP contribution in [0.1, 0.15) is 49.4 Å². The molecule has 0 aliphatic heterocycles. The molecule has 10 heteroatoms. The van der Waals surface area contributed by atoms with Crippen LogP contribution in [0.4, 0.5) is 17.3 Å². The Hall–Kier alpha value is -4.02. The van der Waals surface area contributed by atoms with Crippen LogP contribution < -0.4 is 19.3 Å². The molecule has 9 nitrogen and oxygen atoms in total. The lowest BCUT2D eigenvalue weighted by Gasteiger charge is -2.30. The molecule has 2 heterocycles. The predicted octanol–water partition coefficient (Wildman–Crippen LogP) is 6.27. The fraction of sp³-hybridized carbons (Fsp3) is 0.452. The van der Waals surface area contributed by atoms with Gasteiger partial charge >= 0.3 is 0 Å². The third-order valence-electron chi connectivity index (χ3n) is 7.21. The molecule has 1 fully saturated rings. The van der Waals surface area contributed by atoms with Crippen LogP contribution in [0.3, 0.4) is 0 Å². The number of nitrogens with zero attached hydrogens (tertiary/aromatic N) is 7. The summed E-state index contributed by atoms with van der Waals surface area (Å²) in [5.41, 5.74) is 3.61. The van der Waals surface area contributed by atoms with Crippen molar-refractivity contribution < 1.29 is 9.47 Å². The van der Waals surface area contributed by atoms with Crippen molar-refractivity contribution in [3.05, 3.63) is 71.0 Å². The van der Waals surface area contributed by atoms with E-state index in [2.05, 4.69) is 38.8 Å². The lowest BCUT2D eigenvalue weighted by Crippen LogP contribution is -2.31. The molecule has 1 aliphatic rings. The summed E-state index contributed by atoms with van der Waals surface area (Å²) >= 11 is 1.72. The topological polar surface area (TPSA) is 91.8 Å². The van der Waals surface area contributed by atoms with Gasteiger partial charge in [0.1, 0.15) is 0 Å². The summed E-state index contributed by atoms with van der Waals surface area (Å²) in [7, 11) is 1.62. The maximum atomic E-state index is 9.55. The summed E-state index contributed by atoms with van der Waals surface area (Å²) in [6.07, 6.45) is 10.5. The molecule has 41 heavy (non-hydrogen) atoms. The van der Waals surface area contributed by atoms with Crippen LogP contribution in [-0.4, -0.2) is 53.8 Å². The third-order valence-corrected chi connectivity index (χ3v) is 7.79. The molecule has 1 saturated carbocycles. The van der Waals surface area contributed by atoms with Crippen molar-refractivity contribution in [1.82, 2.24) is 15.0 Å². The zero-order valence-electron chi connectivity index (χ0n) is 24.0. The Morgan fingerprint density at radius 1 is 1.12 bits per heavy atom. The molecule has 3 aromatic rings. The number of thioether (sulfide) groups is 1. The van der Waals surface area contributed by atoms with Gasteiger partial charge < -0.3 is 19.3 Å². The normalized spacial score (nSPS) is 12.9. The number of methoxy groups -OCH3 is 1. The zero-order chi connectivity index (χ0) is 29.0. The second kappa shape index (κ2) is 15.1. The largest absolute Gasteiger partial charge is 0.489 e. The van der Waals surface area contributed by atoms with Gasteiger partial charge in [-0.3, -0.25) is 0 Å². The maximum Gasteiger partial charge on any atom is 0.226 e. The Balaban J connectivity index is 1.69. The number of benzene rings is 1. The van der Waals surface area contributed by atoms with Crippen LogP contribution in [0, 0.1) is 23.8 Å². The van der Waals surface area contributed by atoms with E-state index >= 15 is 0 Å². The van der Waals surface area contributed by atoms with Crippen molar-refractivity contribution in [2.75, 3.05) is 48.6 Å². The highest BCUT2D eigenvalue weighted by Crippen LogP contribution is 2.31. The minimum absolute atomic E-state index is 0.387. The first kappa shape index (κ1) is 30.0. The summed E-state index contributed by atoms with van der Waals surface area (Å²) in [5.74, 6) is 3.22. The number of pyridine rings is 1. The van der Waals surface area contributed by atoms with E-state index in [4.69, 9.17) is 21.0 Å². The number of rotatable bonds is 14. The van der Waals surface area contributed by atoms with E-state index in [9.17, 15) is 5.26 Å². The highest BCUT2D eigenvalue weighted by Gasteiger charge is 2.23. The van der Waals surface area contributed by atoms with Gasteiger partial charge in [0.15, 0.2) is 11.4 Å². The fourth-order valence-corrected chi connectivity index (χ4v) is 5.43. The van der Waals surface area contributed by atoms with E-state index in [0.29, 0.717) is 54.4 Å². The zero-order valence-corrected chi connectivity index (χ0v) is 24.9. The van der Waals surface area contributed by atoms with Crippen molar-refractivity contribution in [2.24, 2.45) is 5.92 Å². The summed E-state index contributed by atoms with van der Waals surface area (Å²) < 4.78 is 11.3. The second-order valence-corrected chi connectivity index (χ2v) is 11.0. The van der Waals surface area contributed by atoms with Crippen molar-refractivity contribution in [1.29, 1.82) is 5.26 Å². The Morgan fingerprint density at radius 2 is 1.90 bits per heavy atom. The smallest absolute Gasteiger partial charge is 0.226 e. The molecule has 0 saturated heterocycles. The Morgan fingerprint density at radius 3 is 2.56 bits per heavy atom. The Kier molecular flexibility index (Phi) is 11.0. The SMILES string of the molecule is [C-]#[N+]c1cc(C#N)cc(CN(Cc2nc(OC)ccc2N(CC)CC2CCCC2)c2ncc(OCCSC)cn2)c1. The van der Waals surface area contributed by atoms with Gasteiger partial charge in [-0.1, -0.05) is 18.9 Å². The van der Waals surface area contributed by atoms with Crippen LogP contribution in [0.15, 0.2) is 42.7 Å². The molecule has 214 valence electrons. The Labute approximate surface area is 247 Å². The van der Waals surface area contributed by atoms with Crippen molar-refractivity contribution >= 4 is 29.1 Å². The Bertz CT molecular complexity index is 1330. The lowest BCUT2D eigenvalue weighted by atomic mass is 10.1. The van der Waals surface area contributed by atoms with Gasteiger partial charge in [-0.2, -0.15) is 17.0 Å². The van der Waals surface area contributed by atoms with Crippen LogP contribution in [0.2, 0.25) is 0 Å². The van der Waals surface area contributed by atoms with Gasteiger partial charge in [0.05, 0.1) is 56.7 Å². The van der Waals surface area contributed by atoms with Crippen LogP contribution in [0.5, 0.6) is 11.6 Å². The highest BCUT2D eigenvalue weighted by molar-refractivity contribution is 7.98. The first-order valence-corrected chi connectivity index (χ1v) is 15.3. The van der Waals surface area contributed by atoms with E-state index in [0.717, 1.165) is 35.8 Å². The maximum absolute atomic E-state index is 9.55. The lowest BCUT2D eigenvalue weighted by molar-refractivity contribution is 0.341. The van der Waals surface area contributed by atoms with Crippen LogP contribution in [0.25, 0.3) is 4.85 Å². The van der Waals surface area contributed by atoms with E-state index in [1.807, 2.05) is 17.2 Å². The molecule has 4 rings (SSSR count). The molecule has 1 aromatic carbocycles. The quantitative estimate of drug-likeness (QED) is 0.164. The highest BCUT2D eigenvalue weighted by atomic mass is 32.2. The molecule has 0 N–H and O–H groups in total. The molecular formula is C31H37N7O2S. The number of ether oxygens (including phenoxy) is 2. The summed E-state index contributed by atoms with van der Waals surface area (Å²) in [6.45, 7) is 12.9. The second-order valence-electron chi connectivity index (χ2n) is 10.0. The molecule has 0 spiro atoms. The molecule has 0 amide bonds. The molecule has 1 aliphatic carbocycles. The van der Waals surface area contributed by atoms with Gasteiger partial charge in [-0.15, -0.1) is 0 Å². The van der Waals surface area contributed by atoms with E-state index in [1.165, 1.54) is 25.7 Å². The summed E-state index contributed by atoms with van der Waals surface area (Å²) in [4.78, 5) is 22.2. The van der Waals surface area contributed by atoms with Crippen molar-refractivity contribution in [3.8, 4) is 17.7 Å². The van der Waals surface area contributed by atoms with E-state index in [-0.39, 0.29) is 0 Å². The van der Waals surface area contributed by atoms with E-state index < -0.39 is 0 Å².